The molecule has 1 fully saturated rings. The van der Waals surface area contributed by atoms with Crippen molar-refractivity contribution >= 4 is 34.8 Å². The number of hydrogen-bond acceptors (Lipinski definition) is 7. The van der Waals surface area contributed by atoms with Crippen LogP contribution in [0, 0.1) is 0 Å². The van der Waals surface area contributed by atoms with Crippen LogP contribution in [0.5, 0.6) is 0 Å². The van der Waals surface area contributed by atoms with Gasteiger partial charge in [0.2, 0.25) is 17.6 Å². The minimum Gasteiger partial charge on any atom is -0.352 e. The Hall–Kier alpha value is -2.75. The molecule has 0 bridgehead atoms. The van der Waals surface area contributed by atoms with Crippen LogP contribution in [0.2, 0.25) is 5.02 Å². The first-order chi connectivity index (χ1) is 15.6. The van der Waals surface area contributed by atoms with Crippen molar-refractivity contribution in [2.75, 3.05) is 32.7 Å². The summed E-state index contributed by atoms with van der Waals surface area (Å²) < 4.78 is 5.39. The zero-order chi connectivity index (χ0) is 22.3. The highest BCUT2D eigenvalue weighted by Gasteiger charge is 2.22. The quantitative estimate of drug-likeness (QED) is 0.505. The van der Waals surface area contributed by atoms with E-state index in [1.807, 2.05) is 27.8 Å². The van der Waals surface area contributed by atoms with Crippen molar-refractivity contribution in [1.82, 2.24) is 25.3 Å². The molecule has 1 saturated heterocycles. The van der Waals surface area contributed by atoms with E-state index in [9.17, 15) is 9.59 Å². The normalized spacial score (nSPS) is 14.5. The maximum absolute atomic E-state index is 12.5. The first-order valence-corrected chi connectivity index (χ1v) is 11.8. The van der Waals surface area contributed by atoms with Gasteiger partial charge in [-0.1, -0.05) is 16.8 Å². The van der Waals surface area contributed by atoms with Gasteiger partial charge in [-0.3, -0.25) is 14.5 Å². The summed E-state index contributed by atoms with van der Waals surface area (Å²) in [6.07, 6.45) is 1.06. The van der Waals surface area contributed by atoms with Gasteiger partial charge < -0.3 is 14.7 Å². The highest BCUT2D eigenvalue weighted by molar-refractivity contribution is 7.08. The zero-order valence-electron chi connectivity index (χ0n) is 17.5. The topological polar surface area (TPSA) is 91.6 Å². The second kappa shape index (κ2) is 10.7. The maximum Gasteiger partial charge on any atom is 0.252 e. The zero-order valence-corrected chi connectivity index (χ0v) is 19.1. The molecule has 0 atom stereocenters. The Labute approximate surface area is 195 Å². The highest BCUT2D eigenvalue weighted by atomic mass is 35.5. The van der Waals surface area contributed by atoms with Crippen molar-refractivity contribution in [2.24, 2.45) is 0 Å². The molecule has 168 valence electrons. The molecule has 10 heteroatoms. The van der Waals surface area contributed by atoms with Crippen LogP contribution >= 0.6 is 22.9 Å². The second-order valence-corrected chi connectivity index (χ2v) is 8.76. The number of nitrogens with one attached hydrogen (secondary N) is 1. The molecule has 32 heavy (non-hydrogen) atoms. The van der Waals surface area contributed by atoms with Gasteiger partial charge in [0.05, 0.1) is 6.54 Å². The van der Waals surface area contributed by atoms with E-state index in [0.717, 1.165) is 18.7 Å². The average Bonchev–Trinajstić information content (AvgIpc) is 3.50. The number of piperazine rings is 1. The van der Waals surface area contributed by atoms with E-state index in [0.29, 0.717) is 61.3 Å². The lowest BCUT2D eigenvalue weighted by Gasteiger charge is -2.34. The first kappa shape index (κ1) is 22.4. The number of halogens is 1. The lowest BCUT2D eigenvalue weighted by Crippen LogP contribution is -2.48. The molecule has 0 aliphatic carbocycles. The van der Waals surface area contributed by atoms with Gasteiger partial charge in [-0.05, 0) is 42.1 Å². The summed E-state index contributed by atoms with van der Waals surface area (Å²) in [6.45, 7) is 3.87. The van der Waals surface area contributed by atoms with Gasteiger partial charge in [-0.25, -0.2) is 0 Å². The van der Waals surface area contributed by atoms with Crippen LogP contribution in [-0.2, 0) is 11.3 Å². The number of thiophene rings is 1. The standard InChI is InChI=1S/C22H24ClN5O3S/c23-18-5-3-16(4-6-18)21-25-19(31-26-21)14-27-9-11-28(12-10-27)20(29)2-1-8-24-22(30)17-7-13-32-15-17/h3-7,13,15H,1-2,8-12,14H2,(H,24,30). The van der Waals surface area contributed by atoms with Gasteiger partial charge in [0.25, 0.3) is 5.91 Å². The number of hydrogen-bond donors (Lipinski definition) is 1. The van der Waals surface area contributed by atoms with Gasteiger partial charge in [-0.15, -0.1) is 0 Å². The molecule has 8 nitrogen and oxygen atoms in total. The number of benzene rings is 1. The predicted molar refractivity (Wildman–Crippen MR) is 122 cm³/mol. The van der Waals surface area contributed by atoms with E-state index in [4.69, 9.17) is 16.1 Å². The third-order valence-corrected chi connectivity index (χ3v) is 6.23. The van der Waals surface area contributed by atoms with Crippen LogP contribution in [0.3, 0.4) is 0 Å². The summed E-state index contributed by atoms with van der Waals surface area (Å²) in [5.41, 5.74) is 1.52. The molecule has 1 aromatic carbocycles. The van der Waals surface area contributed by atoms with E-state index >= 15 is 0 Å². The molecule has 1 N–H and O–H groups in total. The molecule has 4 rings (SSSR count). The van der Waals surface area contributed by atoms with Gasteiger partial charge in [0.1, 0.15) is 0 Å². The fourth-order valence-electron chi connectivity index (χ4n) is 3.48. The van der Waals surface area contributed by atoms with E-state index < -0.39 is 0 Å². The molecule has 2 amide bonds. The first-order valence-electron chi connectivity index (χ1n) is 10.5. The van der Waals surface area contributed by atoms with Crippen molar-refractivity contribution in [3.05, 3.63) is 57.6 Å². The largest absolute Gasteiger partial charge is 0.352 e. The number of rotatable bonds is 8. The molecule has 3 heterocycles. The van der Waals surface area contributed by atoms with Crippen LogP contribution in [0.25, 0.3) is 11.4 Å². The molecular weight excluding hydrogens is 450 g/mol. The predicted octanol–water partition coefficient (Wildman–Crippen LogP) is 3.31. The van der Waals surface area contributed by atoms with Crippen LogP contribution in [-0.4, -0.2) is 64.5 Å². The van der Waals surface area contributed by atoms with E-state index in [2.05, 4.69) is 20.4 Å². The highest BCUT2D eigenvalue weighted by Crippen LogP contribution is 2.19. The molecule has 0 spiro atoms. The van der Waals surface area contributed by atoms with Gasteiger partial charge in [0.15, 0.2) is 0 Å². The third-order valence-electron chi connectivity index (χ3n) is 5.29. The lowest BCUT2D eigenvalue weighted by atomic mass is 10.2. The summed E-state index contributed by atoms with van der Waals surface area (Å²) in [4.78, 5) is 32.9. The van der Waals surface area contributed by atoms with E-state index in [1.165, 1.54) is 11.3 Å². The number of nitrogens with zero attached hydrogens (tertiary/aromatic N) is 4. The number of aromatic nitrogens is 2. The summed E-state index contributed by atoms with van der Waals surface area (Å²) >= 11 is 7.41. The average molecular weight is 474 g/mol. The van der Waals surface area contributed by atoms with E-state index in [1.54, 1.807) is 18.2 Å². The molecule has 1 aliphatic heterocycles. The smallest absolute Gasteiger partial charge is 0.252 e. The summed E-state index contributed by atoms with van der Waals surface area (Å²) in [6, 6.07) is 9.09. The molecule has 0 unspecified atom stereocenters. The van der Waals surface area contributed by atoms with Crippen LogP contribution < -0.4 is 5.32 Å². The molecular formula is C22H24ClN5O3S. The van der Waals surface area contributed by atoms with Gasteiger partial charge in [-0.2, -0.15) is 16.3 Å². The van der Waals surface area contributed by atoms with Crippen LogP contribution in [0.15, 0.2) is 45.6 Å². The monoisotopic (exact) mass is 473 g/mol. The van der Waals surface area contributed by atoms with Crippen molar-refractivity contribution in [3.8, 4) is 11.4 Å². The minimum absolute atomic E-state index is 0.0902. The van der Waals surface area contributed by atoms with Crippen molar-refractivity contribution in [1.29, 1.82) is 0 Å². The summed E-state index contributed by atoms with van der Waals surface area (Å²) in [5.74, 6) is 1.12. The molecule has 1 aliphatic rings. The molecule has 2 aromatic heterocycles. The Bertz CT molecular complexity index is 1030. The Morgan fingerprint density at radius 2 is 1.91 bits per heavy atom. The second-order valence-electron chi connectivity index (χ2n) is 7.55. The summed E-state index contributed by atoms with van der Waals surface area (Å²) in [7, 11) is 0. The van der Waals surface area contributed by atoms with Crippen LogP contribution in [0.1, 0.15) is 29.1 Å². The van der Waals surface area contributed by atoms with Crippen LogP contribution in [0.4, 0.5) is 0 Å². The fraction of sp³-hybridized carbons (Fsp3) is 0.364. The fourth-order valence-corrected chi connectivity index (χ4v) is 4.24. The Morgan fingerprint density at radius 1 is 1.12 bits per heavy atom. The number of carbonyl (C=O) groups is 2. The third kappa shape index (κ3) is 5.93. The minimum atomic E-state index is -0.0902. The molecule has 0 radical (unpaired) electrons. The Kier molecular flexibility index (Phi) is 7.51. The number of carbonyl (C=O) groups excluding carboxylic acids is 2. The Morgan fingerprint density at radius 3 is 2.62 bits per heavy atom. The van der Waals surface area contributed by atoms with Crippen molar-refractivity contribution in [2.45, 2.75) is 19.4 Å². The van der Waals surface area contributed by atoms with Crippen molar-refractivity contribution < 1.29 is 14.1 Å². The van der Waals surface area contributed by atoms with Crippen molar-refractivity contribution in [3.63, 3.8) is 0 Å². The Balaban J connectivity index is 1.16. The number of amides is 2. The van der Waals surface area contributed by atoms with Gasteiger partial charge in [0, 0.05) is 60.7 Å². The maximum atomic E-state index is 12.5. The lowest BCUT2D eigenvalue weighted by molar-refractivity contribution is -0.133. The van der Waals surface area contributed by atoms with E-state index in [-0.39, 0.29) is 11.8 Å². The summed E-state index contributed by atoms with van der Waals surface area (Å²) in [5, 5.41) is 11.2. The van der Waals surface area contributed by atoms with Gasteiger partial charge >= 0.3 is 0 Å². The molecule has 0 saturated carbocycles. The SMILES string of the molecule is O=C(NCCCC(=O)N1CCN(Cc2nc(-c3ccc(Cl)cc3)no2)CC1)c1ccsc1. The molecule has 3 aromatic rings.